The van der Waals surface area contributed by atoms with Gasteiger partial charge >= 0.3 is 0 Å². The molecular weight excluding hydrogens is 665 g/mol. The summed E-state index contributed by atoms with van der Waals surface area (Å²) >= 11 is 0. The Balaban J connectivity index is 0.000000313. The van der Waals surface area contributed by atoms with Gasteiger partial charge in [0.25, 0.3) is 0 Å². The first kappa shape index (κ1) is 31.6. The predicted molar refractivity (Wildman–Crippen MR) is 159 cm³/mol. The van der Waals surface area contributed by atoms with Gasteiger partial charge in [0.15, 0.2) is 5.78 Å². The molecule has 6 heteroatoms. The molecular formula is C32H39IrN2O2Si-. The van der Waals surface area contributed by atoms with Crippen LogP contribution in [0.25, 0.3) is 32.9 Å². The van der Waals surface area contributed by atoms with Crippen molar-refractivity contribution in [3.63, 3.8) is 0 Å². The van der Waals surface area contributed by atoms with Gasteiger partial charge in [0, 0.05) is 42.4 Å². The number of aliphatic hydroxyl groups is 1. The Kier molecular flexibility index (Phi) is 9.98. The van der Waals surface area contributed by atoms with Crippen LogP contribution in [-0.2, 0) is 24.9 Å². The largest absolute Gasteiger partial charge is 0.512 e. The number of rotatable bonds is 3. The number of fused-ring (bicyclic) bond motifs is 3. The van der Waals surface area contributed by atoms with Gasteiger partial charge in [0.05, 0.1) is 13.6 Å². The summed E-state index contributed by atoms with van der Waals surface area (Å²) in [5, 5.41) is 14.6. The zero-order chi connectivity index (χ0) is 27.6. The van der Waals surface area contributed by atoms with Gasteiger partial charge in [-0.25, -0.2) is 4.98 Å². The molecule has 0 saturated carbocycles. The number of carbonyl (C=O) groups is 1. The number of hydrogen-bond donors (Lipinski definition) is 1. The third-order valence-electron chi connectivity index (χ3n) is 6.19. The maximum absolute atomic E-state index is 11.5. The number of benzene rings is 3. The summed E-state index contributed by atoms with van der Waals surface area (Å²) in [4.78, 5) is 20.7. The molecule has 0 aliphatic heterocycles. The van der Waals surface area contributed by atoms with Crippen LogP contribution < -0.4 is 5.19 Å². The minimum Gasteiger partial charge on any atom is -0.512 e. The zero-order valence-corrected chi connectivity index (χ0v) is 27.3. The van der Waals surface area contributed by atoms with Crippen molar-refractivity contribution in [2.75, 3.05) is 0 Å². The Bertz CT molecular complexity index is 1440. The van der Waals surface area contributed by atoms with Crippen LogP contribution in [0.1, 0.15) is 41.5 Å². The molecule has 0 fully saturated rings. The topological polar surface area (TPSA) is 63.1 Å². The van der Waals surface area contributed by atoms with E-state index in [0.717, 1.165) is 22.2 Å². The Morgan fingerprint density at radius 2 is 1.58 bits per heavy atom. The second-order valence-corrected chi connectivity index (χ2v) is 17.5. The number of aliphatic hydroxyl groups excluding tert-OH is 1. The molecule has 203 valence electrons. The molecule has 0 saturated heterocycles. The van der Waals surface area contributed by atoms with E-state index < -0.39 is 13.5 Å². The molecule has 1 radical (unpaired) electrons. The van der Waals surface area contributed by atoms with E-state index in [1.54, 1.807) is 6.33 Å². The normalized spacial score (nSPS) is 12.5. The van der Waals surface area contributed by atoms with Gasteiger partial charge in [-0.2, -0.15) is 0 Å². The summed E-state index contributed by atoms with van der Waals surface area (Å²) < 4.78 is 0. The van der Waals surface area contributed by atoms with Crippen LogP contribution in [0, 0.1) is 16.9 Å². The molecule has 1 heterocycles. The summed E-state index contributed by atoms with van der Waals surface area (Å²) in [7, 11) is -1.48. The first-order chi connectivity index (χ1) is 17.1. The summed E-state index contributed by atoms with van der Waals surface area (Å²) in [6.45, 7) is 18.3. The fraction of sp³-hybridized carbons (Fsp3) is 0.344. The summed E-state index contributed by atoms with van der Waals surface area (Å²) in [6, 6.07) is 22.2. The fourth-order valence-electron chi connectivity index (χ4n) is 3.84. The average Bonchev–Trinajstić information content (AvgIpc) is 2.82. The quantitative estimate of drug-likeness (QED) is 0.0776. The van der Waals surface area contributed by atoms with Crippen molar-refractivity contribution in [1.29, 1.82) is 0 Å². The summed E-state index contributed by atoms with van der Waals surface area (Å²) in [6.07, 6.45) is 3.01. The molecule has 0 aliphatic carbocycles. The van der Waals surface area contributed by atoms with E-state index in [1.807, 2.05) is 59.7 Å². The number of allylic oxidation sites excluding steroid dienone is 2. The smallest absolute Gasteiger partial charge is 0.164 e. The third-order valence-corrected chi connectivity index (χ3v) is 8.23. The van der Waals surface area contributed by atoms with Crippen LogP contribution in [0.5, 0.6) is 0 Å². The van der Waals surface area contributed by atoms with Crippen molar-refractivity contribution in [1.82, 2.24) is 9.97 Å². The van der Waals surface area contributed by atoms with E-state index in [9.17, 15) is 9.90 Å². The van der Waals surface area contributed by atoms with Gasteiger partial charge < -0.3 is 5.11 Å². The predicted octanol–water partition coefficient (Wildman–Crippen LogP) is 7.88. The molecule has 4 rings (SSSR count). The maximum atomic E-state index is 11.5. The van der Waals surface area contributed by atoms with Crippen LogP contribution >= 0.6 is 0 Å². The van der Waals surface area contributed by atoms with Gasteiger partial charge in [-0.1, -0.05) is 96.7 Å². The van der Waals surface area contributed by atoms with Crippen molar-refractivity contribution in [2.24, 2.45) is 10.8 Å². The molecule has 3 aromatic carbocycles. The molecule has 0 atom stereocenters. The standard InChI is InChI=1S/C21H19N2Si.C11H20O2.Ir/c1-24(2,3)18-11-7-10-15-12-13-17-20(16-8-5-4-6-9-16)22-14-23-21(17)19(15)18;1-10(2,3)8(12)7-9(13)11(4,5)6;/h4-8,10-14H,1-3H3;7,12H,1-6H3;/q-1;;/b;8-7-;. The first-order valence-electron chi connectivity index (χ1n) is 12.7. The molecule has 1 N–H and O–H groups in total. The Labute approximate surface area is 242 Å². The number of ketones is 1. The van der Waals surface area contributed by atoms with E-state index in [0.29, 0.717) is 0 Å². The van der Waals surface area contributed by atoms with Crippen LogP contribution in [0.3, 0.4) is 0 Å². The second kappa shape index (κ2) is 12.0. The molecule has 0 bridgehead atoms. The van der Waals surface area contributed by atoms with Gasteiger partial charge in [-0.15, -0.1) is 35.9 Å². The number of aromatic nitrogens is 2. The van der Waals surface area contributed by atoms with Crippen LogP contribution in [0.4, 0.5) is 0 Å². The number of hydrogen-bond acceptors (Lipinski definition) is 4. The Morgan fingerprint density at radius 1 is 0.895 bits per heavy atom. The summed E-state index contributed by atoms with van der Waals surface area (Å²) in [5.74, 6) is 0.104. The van der Waals surface area contributed by atoms with Crippen molar-refractivity contribution in [3.8, 4) is 11.3 Å². The Hall–Kier alpha value is -2.66. The zero-order valence-electron chi connectivity index (χ0n) is 23.9. The molecule has 0 aliphatic rings. The second-order valence-electron chi connectivity index (χ2n) is 12.5. The maximum Gasteiger partial charge on any atom is 0.164 e. The van der Waals surface area contributed by atoms with Crippen molar-refractivity contribution in [3.05, 3.63) is 78.8 Å². The van der Waals surface area contributed by atoms with Crippen LogP contribution in [0.2, 0.25) is 19.6 Å². The molecule has 0 unspecified atom stereocenters. The van der Waals surface area contributed by atoms with E-state index >= 15 is 0 Å². The van der Waals surface area contributed by atoms with Crippen molar-refractivity contribution in [2.45, 2.75) is 61.2 Å². The third kappa shape index (κ3) is 7.46. The van der Waals surface area contributed by atoms with E-state index in [2.05, 4.69) is 72.1 Å². The van der Waals surface area contributed by atoms with Gasteiger partial charge in [0.1, 0.15) is 12.1 Å². The van der Waals surface area contributed by atoms with E-state index in [4.69, 9.17) is 0 Å². The van der Waals surface area contributed by atoms with E-state index in [1.165, 1.54) is 22.0 Å². The number of carbonyl (C=O) groups excluding carboxylic acids is 1. The van der Waals surface area contributed by atoms with Crippen molar-refractivity contribution < 1.29 is 30.0 Å². The molecule has 0 spiro atoms. The van der Waals surface area contributed by atoms with Crippen LogP contribution in [0.15, 0.2) is 72.8 Å². The van der Waals surface area contributed by atoms with Gasteiger partial charge in [-0.3, -0.25) is 9.78 Å². The minimum absolute atomic E-state index is 0. The minimum atomic E-state index is -1.48. The molecule has 1 aromatic heterocycles. The average molecular weight is 704 g/mol. The summed E-state index contributed by atoms with van der Waals surface area (Å²) in [5.41, 5.74) is 2.25. The number of nitrogens with zero attached hydrogens (tertiary/aromatic N) is 2. The Morgan fingerprint density at radius 3 is 2.13 bits per heavy atom. The first-order valence-corrected chi connectivity index (χ1v) is 16.2. The fourth-order valence-corrected chi connectivity index (χ4v) is 5.45. The van der Waals surface area contributed by atoms with Gasteiger partial charge in [-0.05, 0) is 16.5 Å². The molecule has 0 amide bonds. The van der Waals surface area contributed by atoms with Crippen LogP contribution in [-0.4, -0.2) is 28.9 Å². The van der Waals surface area contributed by atoms with E-state index in [-0.39, 0.29) is 37.1 Å². The molecule has 4 aromatic rings. The monoisotopic (exact) mass is 704 g/mol. The SMILES string of the molecule is CC(C)(C)C(=O)/C=C(\O)C(C)(C)C.C[Si](C)(C)c1cccc2ccc3c(-c4[c-]cccc4)ncnc3c12.[Ir]. The molecule has 4 nitrogen and oxygen atoms in total. The van der Waals surface area contributed by atoms with Crippen molar-refractivity contribution >= 4 is 40.7 Å². The van der Waals surface area contributed by atoms with Gasteiger partial charge in [0.2, 0.25) is 0 Å². The molecule has 38 heavy (non-hydrogen) atoms.